The van der Waals surface area contributed by atoms with E-state index in [1.54, 1.807) is 0 Å². The zero-order chi connectivity index (χ0) is 9.31. The molecule has 0 spiro atoms. The van der Waals surface area contributed by atoms with Crippen LogP contribution in [-0.2, 0) is 4.74 Å². The molecule has 2 fully saturated rings. The Kier molecular flexibility index (Phi) is 2.58. The van der Waals surface area contributed by atoms with Gasteiger partial charge in [0.25, 0.3) is 0 Å². The highest BCUT2D eigenvalue weighted by atomic mass is 16.5. The van der Waals surface area contributed by atoms with Crippen LogP contribution in [0.5, 0.6) is 0 Å². The molecule has 0 bridgehead atoms. The summed E-state index contributed by atoms with van der Waals surface area (Å²) in [5.74, 6) is 0.794. The first kappa shape index (κ1) is 9.44. The molecule has 3 unspecified atom stereocenters. The molecule has 0 saturated carbocycles. The number of rotatable bonds is 2. The fourth-order valence-electron chi connectivity index (χ4n) is 2.47. The summed E-state index contributed by atoms with van der Waals surface area (Å²) in [6, 6.07) is 0.513. The molecule has 2 N–H and O–H groups in total. The van der Waals surface area contributed by atoms with Gasteiger partial charge in [0.05, 0.1) is 6.61 Å². The van der Waals surface area contributed by atoms with Crippen molar-refractivity contribution in [2.24, 2.45) is 5.92 Å². The second-order valence-electron chi connectivity index (χ2n) is 4.65. The van der Waals surface area contributed by atoms with Crippen molar-refractivity contribution in [1.29, 1.82) is 0 Å². The topological polar surface area (TPSA) is 33.3 Å². The van der Waals surface area contributed by atoms with Gasteiger partial charge in [-0.2, -0.15) is 0 Å². The van der Waals surface area contributed by atoms with E-state index in [0.29, 0.717) is 6.04 Å². The maximum absolute atomic E-state index is 5.78. The van der Waals surface area contributed by atoms with E-state index in [-0.39, 0.29) is 5.72 Å². The lowest BCUT2D eigenvalue weighted by molar-refractivity contribution is -0.0116. The number of hydrogen-bond acceptors (Lipinski definition) is 3. The van der Waals surface area contributed by atoms with E-state index in [9.17, 15) is 0 Å². The molecular formula is C10H20N2O. The normalized spacial score (nSPS) is 45.7. The first-order valence-corrected chi connectivity index (χ1v) is 5.30. The average Bonchev–Trinajstić information content (AvgIpc) is 2.62. The van der Waals surface area contributed by atoms with Gasteiger partial charge in [-0.15, -0.1) is 0 Å². The molecule has 13 heavy (non-hydrogen) atoms. The van der Waals surface area contributed by atoms with Gasteiger partial charge in [0.15, 0.2) is 0 Å². The number of nitrogens with one attached hydrogen (secondary N) is 2. The van der Waals surface area contributed by atoms with Gasteiger partial charge < -0.3 is 10.1 Å². The summed E-state index contributed by atoms with van der Waals surface area (Å²) >= 11 is 0. The van der Waals surface area contributed by atoms with E-state index in [4.69, 9.17) is 4.74 Å². The average molecular weight is 184 g/mol. The van der Waals surface area contributed by atoms with Crippen molar-refractivity contribution in [1.82, 2.24) is 10.6 Å². The summed E-state index contributed by atoms with van der Waals surface area (Å²) in [5, 5.41) is 6.90. The van der Waals surface area contributed by atoms with Crippen LogP contribution in [0.4, 0.5) is 0 Å². The largest absolute Gasteiger partial charge is 0.359 e. The predicted molar refractivity (Wildman–Crippen MR) is 52.5 cm³/mol. The summed E-state index contributed by atoms with van der Waals surface area (Å²) in [5.41, 5.74) is -0.0594. The van der Waals surface area contributed by atoms with Crippen molar-refractivity contribution in [2.45, 2.75) is 38.5 Å². The second-order valence-corrected chi connectivity index (χ2v) is 4.65. The lowest BCUT2D eigenvalue weighted by Crippen LogP contribution is -2.42. The van der Waals surface area contributed by atoms with E-state index < -0.39 is 0 Å². The van der Waals surface area contributed by atoms with Crippen molar-refractivity contribution in [3.05, 3.63) is 0 Å². The minimum Gasteiger partial charge on any atom is -0.359 e. The molecular weight excluding hydrogens is 164 g/mol. The van der Waals surface area contributed by atoms with Crippen LogP contribution in [-0.4, -0.2) is 31.5 Å². The highest BCUT2D eigenvalue weighted by Crippen LogP contribution is 2.26. The zero-order valence-electron chi connectivity index (χ0n) is 8.60. The first-order valence-electron chi connectivity index (χ1n) is 5.30. The van der Waals surface area contributed by atoms with E-state index >= 15 is 0 Å². The fourth-order valence-corrected chi connectivity index (χ4v) is 2.47. The molecule has 3 heteroatoms. The van der Waals surface area contributed by atoms with Crippen LogP contribution in [0, 0.1) is 5.92 Å². The SMILES string of the molecule is CC1COC(C)(CC2CCNC2)N1. The quantitative estimate of drug-likeness (QED) is 0.663. The van der Waals surface area contributed by atoms with Crippen LogP contribution in [0.1, 0.15) is 26.7 Å². The van der Waals surface area contributed by atoms with Crippen molar-refractivity contribution < 1.29 is 4.74 Å². The Bertz CT molecular complexity index is 180. The smallest absolute Gasteiger partial charge is 0.117 e. The molecule has 0 aromatic rings. The Morgan fingerprint density at radius 2 is 2.38 bits per heavy atom. The van der Waals surface area contributed by atoms with Crippen molar-refractivity contribution >= 4 is 0 Å². The summed E-state index contributed by atoms with van der Waals surface area (Å²) in [4.78, 5) is 0. The molecule has 2 rings (SSSR count). The number of hydrogen-bond donors (Lipinski definition) is 2. The predicted octanol–water partition coefficient (Wildman–Crippen LogP) is 0.710. The summed E-state index contributed by atoms with van der Waals surface area (Å²) < 4.78 is 5.78. The van der Waals surface area contributed by atoms with Crippen LogP contribution >= 0.6 is 0 Å². The number of ether oxygens (including phenoxy) is 1. The van der Waals surface area contributed by atoms with Crippen LogP contribution in [0.2, 0.25) is 0 Å². The second kappa shape index (κ2) is 3.56. The lowest BCUT2D eigenvalue weighted by Gasteiger charge is -2.27. The van der Waals surface area contributed by atoms with E-state index in [1.165, 1.54) is 13.0 Å². The van der Waals surface area contributed by atoms with Crippen molar-refractivity contribution in [3.63, 3.8) is 0 Å². The lowest BCUT2D eigenvalue weighted by atomic mass is 9.97. The van der Waals surface area contributed by atoms with Crippen molar-refractivity contribution in [3.8, 4) is 0 Å². The van der Waals surface area contributed by atoms with Crippen molar-refractivity contribution in [2.75, 3.05) is 19.7 Å². The Hall–Kier alpha value is -0.120. The fraction of sp³-hybridized carbons (Fsp3) is 1.00. The van der Waals surface area contributed by atoms with E-state index in [1.807, 2.05) is 0 Å². The van der Waals surface area contributed by atoms with Gasteiger partial charge in [-0.25, -0.2) is 0 Å². The van der Waals surface area contributed by atoms with E-state index in [0.717, 1.165) is 25.5 Å². The van der Waals surface area contributed by atoms with Gasteiger partial charge >= 0.3 is 0 Å². The van der Waals surface area contributed by atoms with Gasteiger partial charge in [0, 0.05) is 6.04 Å². The molecule has 0 aromatic carbocycles. The Labute approximate surface area is 80.2 Å². The van der Waals surface area contributed by atoms with Gasteiger partial charge in [0.1, 0.15) is 5.72 Å². The first-order chi connectivity index (χ1) is 6.18. The standard InChI is InChI=1S/C10H20N2O/c1-8-7-13-10(2,12-8)5-9-3-4-11-6-9/h8-9,11-12H,3-7H2,1-2H3. The molecule has 0 aromatic heterocycles. The highest BCUT2D eigenvalue weighted by molar-refractivity contribution is 4.87. The third-order valence-electron chi connectivity index (χ3n) is 3.04. The molecule has 2 aliphatic rings. The van der Waals surface area contributed by atoms with Crippen LogP contribution in [0.25, 0.3) is 0 Å². The summed E-state index contributed by atoms with van der Waals surface area (Å²) in [6.07, 6.45) is 2.44. The molecule has 2 heterocycles. The van der Waals surface area contributed by atoms with Gasteiger partial charge in [-0.05, 0) is 45.7 Å². The van der Waals surface area contributed by atoms with Gasteiger partial charge in [-0.3, -0.25) is 5.32 Å². The zero-order valence-corrected chi connectivity index (χ0v) is 8.60. The Morgan fingerprint density at radius 1 is 1.54 bits per heavy atom. The molecule has 2 saturated heterocycles. The Balaban J connectivity index is 1.85. The van der Waals surface area contributed by atoms with Gasteiger partial charge in [-0.1, -0.05) is 0 Å². The summed E-state index contributed by atoms with van der Waals surface area (Å²) in [7, 11) is 0. The molecule has 0 aliphatic carbocycles. The molecule has 76 valence electrons. The minimum absolute atomic E-state index is 0.0594. The molecule has 0 amide bonds. The highest BCUT2D eigenvalue weighted by Gasteiger charge is 2.35. The van der Waals surface area contributed by atoms with E-state index in [2.05, 4.69) is 24.5 Å². The third-order valence-corrected chi connectivity index (χ3v) is 3.04. The molecule has 3 nitrogen and oxygen atoms in total. The molecule has 2 aliphatic heterocycles. The van der Waals surface area contributed by atoms with Crippen LogP contribution < -0.4 is 10.6 Å². The van der Waals surface area contributed by atoms with Gasteiger partial charge in [0.2, 0.25) is 0 Å². The minimum atomic E-state index is -0.0594. The maximum atomic E-state index is 5.78. The molecule has 0 radical (unpaired) electrons. The van der Waals surface area contributed by atoms with Crippen LogP contribution in [0.15, 0.2) is 0 Å². The Morgan fingerprint density at radius 3 is 2.92 bits per heavy atom. The summed E-state index contributed by atoms with van der Waals surface area (Å²) in [6.45, 7) is 7.55. The maximum Gasteiger partial charge on any atom is 0.117 e. The third kappa shape index (κ3) is 2.22. The molecule has 3 atom stereocenters. The van der Waals surface area contributed by atoms with Crippen LogP contribution in [0.3, 0.4) is 0 Å². The monoisotopic (exact) mass is 184 g/mol.